The van der Waals surface area contributed by atoms with E-state index >= 15 is 0 Å². The number of ether oxygens (including phenoxy) is 2. The second-order valence-corrected chi connectivity index (χ2v) is 10.4. The highest BCUT2D eigenvalue weighted by Crippen LogP contribution is 3.10. The van der Waals surface area contributed by atoms with E-state index < -0.39 is 0 Å². The molecule has 9 rings (SSSR count). The predicted octanol–water partition coefficient (Wildman–Crippen LogP) is 1.85. The van der Waals surface area contributed by atoms with Gasteiger partial charge in [-0.1, -0.05) is 18.2 Å². The summed E-state index contributed by atoms with van der Waals surface area (Å²) >= 11 is 0. The Morgan fingerprint density at radius 1 is 1.00 bits per heavy atom. The van der Waals surface area contributed by atoms with Gasteiger partial charge in [-0.15, -0.1) is 0 Å². The Balaban J connectivity index is 1.02. The number of piperidine rings is 1. The van der Waals surface area contributed by atoms with Crippen LogP contribution in [0.25, 0.3) is 0 Å². The number of nitrogens with zero attached hydrogens (tertiary/aromatic N) is 1. The Morgan fingerprint density at radius 2 is 1.61 bits per heavy atom. The maximum absolute atomic E-state index is 13.6. The molecule has 5 heteroatoms. The minimum atomic E-state index is -0.145. The van der Waals surface area contributed by atoms with Gasteiger partial charge in [-0.25, -0.2) is 0 Å². The molecule has 0 unspecified atom stereocenters. The standard InChI is InChI=1S/C23H23NO4/c1-27-20(26)23-16-13-17(23)15-18(23)14(16)22(13,15)19(25)24-8-6-21(7-9-24)10-28-12-5-3-2-4-11(12)21/h2-5,13-18H,6-10H2,1H3. The normalized spacial score (nSPS) is 50.7. The second kappa shape index (κ2) is 3.99. The molecule has 1 saturated heterocycles. The van der Waals surface area contributed by atoms with Crippen LogP contribution in [-0.4, -0.2) is 43.6 Å². The van der Waals surface area contributed by atoms with Crippen LogP contribution >= 0.6 is 0 Å². The lowest BCUT2D eigenvalue weighted by atomic mass is 8.92. The summed E-state index contributed by atoms with van der Waals surface area (Å²) in [6.07, 6.45) is 1.99. The van der Waals surface area contributed by atoms with Crippen LogP contribution < -0.4 is 4.74 Å². The van der Waals surface area contributed by atoms with Gasteiger partial charge in [0.25, 0.3) is 0 Å². The first kappa shape index (κ1) is 14.9. The SMILES string of the molecule is COC(=O)C12C3C4C1C1C2C3C41C(=O)N1CCC2(CC1)COc1ccccc12. The van der Waals surface area contributed by atoms with Crippen molar-refractivity contribution < 1.29 is 19.1 Å². The number of carbonyl (C=O) groups is 2. The first-order valence-corrected chi connectivity index (χ1v) is 10.7. The van der Waals surface area contributed by atoms with Crippen molar-refractivity contribution in [1.82, 2.24) is 4.90 Å². The molecule has 28 heavy (non-hydrogen) atoms. The zero-order chi connectivity index (χ0) is 18.6. The van der Waals surface area contributed by atoms with Gasteiger partial charge in [-0.2, -0.15) is 0 Å². The molecule has 144 valence electrons. The number of para-hydroxylation sites is 1. The number of amides is 1. The van der Waals surface area contributed by atoms with Gasteiger partial charge in [0.2, 0.25) is 5.91 Å². The topological polar surface area (TPSA) is 55.8 Å². The lowest BCUT2D eigenvalue weighted by Crippen LogP contribution is -3.12. The number of carbonyl (C=O) groups excluding carboxylic acids is 2. The van der Waals surface area contributed by atoms with E-state index in [1.54, 1.807) is 0 Å². The summed E-state index contributed by atoms with van der Waals surface area (Å²) in [5.41, 5.74) is 1.21. The Bertz CT molecular complexity index is 937. The summed E-state index contributed by atoms with van der Waals surface area (Å²) in [6.45, 7) is 2.43. The minimum absolute atomic E-state index is 0.0109. The molecule has 0 bridgehead atoms. The fraction of sp³-hybridized carbons (Fsp3) is 0.652. The smallest absolute Gasteiger partial charge is 0.312 e. The average molecular weight is 377 g/mol. The first-order chi connectivity index (χ1) is 13.6. The predicted molar refractivity (Wildman–Crippen MR) is 97.3 cm³/mol. The fourth-order valence-electron chi connectivity index (χ4n) is 9.69. The quantitative estimate of drug-likeness (QED) is 0.738. The zero-order valence-electron chi connectivity index (χ0n) is 15.9. The molecule has 1 aromatic rings. The monoisotopic (exact) mass is 377 g/mol. The number of esters is 1. The number of hydrogen-bond donors (Lipinski definition) is 0. The Hall–Kier alpha value is -2.04. The number of fused-ring (bicyclic) bond motifs is 2. The number of methoxy groups -OCH3 is 1. The van der Waals surface area contributed by atoms with E-state index in [-0.39, 0.29) is 22.2 Å². The van der Waals surface area contributed by atoms with Crippen molar-refractivity contribution in [3.05, 3.63) is 29.8 Å². The summed E-state index contributed by atoms with van der Waals surface area (Å²) in [7, 11) is 1.51. The van der Waals surface area contributed by atoms with Crippen LogP contribution in [0.4, 0.5) is 0 Å². The molecule has 2 heterocycles. The molecule has 5 nitrogen and oxygen atoms in total. The van der Waals surface area contributed by atoms with Gasteiger partial charge in [0, 0.05) is 24.1 Å². The van der Waals surface area contributed by atoms with E-state index in [0.717, 1.165) is 38.3 Å². The van der Waals surface area contributed by atoms with Gasteiger partial charge in [0.15, 0.2) is 0 Å². The van der Waals surface area contributed by atoms with Crippen LogP contribution in [0.2, 0.25) is 0 Å². The molecule has 6 aliphatic carbocycles. The van der Waals surface area contributed by atoms with Crippen molar-refractivity contribution in [3.8, 4) is 5.75 Å². The Kier molecular flexibility index (Phi) is 2.12. The summed E-state index contributed by atoms with van der Waals surface area (Å²) in [5.74, 6) is 4.33. The van der Waals surface area contributed by atoms with Gasteiger partial charge in [-0.05, 0) is 54.4 Å². The molecule has 2 aliphatic heterocycles. The third-order valence-corrected chi connectivity index (χ3v) is 10.5. The molecule has 6 saturated carbocycles. The summed E-state index contributed by atoms with van der Waals surface area (Å²) in [4.78, 5) is 28.0. The highest BCUT2D eigenvalue weighted by Gasteiger charge is 3.13. The molecular formula is C23H23NO4. The first-order valence-electron chi connectivity index (χ1n) is 10.7. The Morgan fingerprint density at radius 3 is 2.25 bits per heavy atom. The summed E-state index contributed by atoms with van der Waals surface area (Å²) < 4.78 is 11.1. The van der Waals surface area contributed by atoms with E-state index in [4.69, 9.17) is 9.47 Å². The molecule has 0 aromatic heterocycles. The van der Waals surface area contributed by atoms with Crippen LogP contribution in [0, 0.1) is 46.3 Å². The van der Waals surface area contributed by atoms with E-state index in [0.29, 0.717) is 41.4 Å². The highest BCUT2D eigenvalue weighted by atomic mass is 16.5. The van der Waals surface area contributed by atoms with Gasteiger partial charge in [0.05, 0.1) is 24.5 Å². The van der Waals surface area contributed by atoms with Gasteiger partial charge in [-0.3, -0.25) is 9.59 Å². The molecule has 0 atom stereocenters. The lowest BCUT2D eigenvalue weighted by molar-refractivity contribution is -0.627. The van der Waals surface area contributed by atoms with Crippen molar-refractivity contribution in [3.63, 3.8) is 0 Å². The third kappa shape index (κ3) is 1.03. The molecule has 1 spiro atoms. The van der Waals surface area contributed by atoms with Gasteiger partial charge in [0.1, 0.15) is 5.75 Å². The van der Waals surface area contributed by atoms with Crippen molar-refractivity contribution >= 4 is 11.9 Å². The maximum atomic E-state index is 13.6. The molecule has 1 amide bonds. The molecule has 0 radical (unpaired) electrons. The fourth-order valence-corrected chi connectivity index (χ4v) is 9.69. The molecular weight excluding hydrogens is 354 g/mol. The number of rotatable bonds is 2. The number of hydrogen-bond acceptors (Lipinski definition) is 4. The number of likely N-dealkylation sites (tertiary alicyclic amines) is 1. The summed E-state index contributed by atoms with van der Waals surface area (Å²) in [5, 5.41) is 0. The van der Waals surface area contributed by atoms with Crippen LogP contribution in [0.15, 0.2) is 24.3 Å². The van der Waals surface area contributed by atoms with Crippen LogP contribution in [0.5, 0.6) is 5.75 Å². The third-order valence-electron chi connectivity index (χ3n) is 10.5. The van der Waals surface area contributed by atoms with E-state index in [9.17, 15) is 9.59 Å². The second-order valence-electron chi connectivity index (χ2n) is 10.4. The van der Waals surface area contributed by atoms with Crippen LogP contribution in [-0.2, 0) is 19.7 Å². The maximum Gasteiger partial charge on any atom is 0.312 e. The van der Waals surface area contributed by atoms with Crippen LogP contribution in [0.1, 0.15) is 18.4 Å². The molecule has 8 aliphatic rings. The van der Waals surface area contributed by atoms with E-state index in [1.807, 2.05) is 6.07 Å². The lowest BCUT2D eigenvalue weighted by Gasteiger charge is -3.09. The van der Waals surface area contributed by atoms with E-state index in [1.165, 1.54) is 12.7 Å². The number of benzene rings is 1. The van der Waals surface area contributed by atoms with E-state index in [2.05, 4.69) is 23.1 Å². The zero-order valence-corrected chi connectivity index (χ0v) is 15.9. The minimum Gasteiger partial charge on any atom is -0.492 e. The van der Waals surface area contributed by atoms with Crippen molar-refractivity contribution in [2.75, 3.05) is 26.8 Å². The average Bonchev–Trinajstić information content (AvgIpc) is 3.11. The highest BCUT2D eigenvalue weighted by molar-refractivity contribution is 5.98. The largest absolute Gasteiger partial charge is 0.492 e. The summed E-state index contributed by atoms with van der Waals surface area (Å²) in [6, 6.07) is 8.39. The van der Waals surface area contributed by atoms with Crippen molar-refractivity contribution in [1.29, 1.82) is 0 Å². The van der Waals surface area contributed by atoms with Crippen LogP contribution in [0.3, 0.4) is 0 Å². The molecule has 7 fully saturated rings. The van der Waals surface area contributed by atoms with Gasteiger partial charge >= 0.3 is 5.97 Å². The van der Waals surface area contributed by atoms with Crippen molar-refractivity contribution in [2.45, 2.75) is 18.3 Å². The van der Waals surface area contributed by atoms with Gasteiger partial charge < -0.3 is 14.4 Å². The molecule has 0 N–H and O–H groups in total. The molecule has 1 aromatic carbocycles. The van der Waals surface area contributed by atoms with Crippen molar-refractivity contribution in [2.24, 2.45) is 46.3 Å². The Labute approximate surface area is 163 Å².